The number of sulfonamides is 1. The zero-order valence-corrected chi connectivity index (χ0v) is 35.3. The molecule has 3 heterocycles. The molecule has 18 heteroatoms. The number of fused-ring (bicyclic) bond motifs is 3. The molecule has 1 aromatic heterocycles. The second kappa shape index (κ2) is 16.5. The van der Waals surface area contributed by atoms with Gasteiger partial charge in [0.15, 0.2) is 0 Å². The average molecular weight is 829 g/mol. The third kappa shape index (κ3) is 9.12. The second-order valence-corrected chi connectivity index (χ2v) is 19.4. The van der Waals surface area contributed by atoms with E-state index in [0.29, 0.717) is 48.8 Å². The highest BCUT2D eigenvalue weighted by Gasteiger charge is 2.63. The number of benzene rings is 1. The van der Waals surface area contributed by atoms with E-state index in [1.54, 1.807) is 45.9 Å². The lowest BCUT2D eigenvalue weighted by Crippen LogP contribution is -2.60. The number of ether oxygens (including phenoxy) is 5. The first-order valence-electron chi connectivity index (χ1n) is 19.7. The van der Waals surface area contributed by atoms with E-state index in [1.807, 2.05) is 19.1 Å². The van der Waals surface area contributed by atoms with Crippen molar-refractivity contribution < 1.29 is 51.3 Å². The van der Waals surface area contributed by atoms with Crippen molar-refractivity contribution in [1.29, 1.82) is 0 Å². The summed E-state index contributed by atoms with van der Waals surface area (Å²) in [4.78, 5) is 67.3. The molecule has 7 atom stereocenters. The molecule has 2 aliphatic heterocycles. The molecule has 2 aromatic rings. The number of aromatic nitrogens is 2. The van der Waals surface area contributed by atoms with Crippen molar-refractivity contribution in [2.45, 2.75) is 114 Å². The molecule has 318 valence electrons. The summed E-state index contributed by atoms with van der Waals surface area (Å²) in [5.74, 6) is -2.39. The minimum atomic E-state index is -4.03. The Kier molecular flexibility index (Phi) is 12.2. The lowest BCUT2D eigenvalue weighted by Gasteiger charge is -2.34. The van der Waals surface area contributed by atoms with Gasteiger partial charge in [0.25, 0.3) is 5.91 Å². The molecule has 2 saturated carbocycles. The van der Waals surface area contributed by atoms with E-state index in [0.717, 1.165) is 0 Å². The maximum atomic E-state index is 15.0. The first-order valence-corrected chi connectivity index (χ1v) is 21.2. The normalized spacial score (nSPS) is 29.1. The van der Waals surface area contributed by atoms with Crippen LogP contribution in [-0.2, 0) is 33.9 Å². The lowest BCUT2D eigenvalue weighted by atomic mass is 9.87. The monoisotopic (exact) mass is 828 g/mol. The quantitative estimate of drug-likeness (QED) is 0.294. The maximum Gasteiger partial charge on any atom is 0.408 e. The van der Waals surface area contributed by atoms with Gasteiger partial charge in [-0.05, 0) is 84.3 Å². The average Bonchev–Trinajstić information content (AvgIpc) is 4.03. The summed E-state index contributed by atoms with van der Waals surface area (Å²) in [7, 11) is 0.450. The summed E-state index contributed by atoms with van der Waals surface area (Å²) in [6, 6.07) is 2.76. The number of carbonyl (C=O) groups is 4. The minimum Gasteiger partial charge on any atom is -0.496 e. The number of rotatable bonds is 10. The van der Waals surface area contributed by atoms with Crippen LogP contribution in [0.4, 0.5) is 4.79 Å². The molecule has 3 N–H and O–H groups in total. The van der Waals surface area contributed by atoms with E-state index < -0.39 is 79.7 Å². The van der Waals surface area contributed by atoms with Crippen molar-refractivity contribution >= 4 is 44.7 Å². The van der Waals surface area contributed by atoms with Crippen LogP contribution in [0.1, 0.15) is 79.6 Å². The Bertz CT molecular complexity index is 2050. The fraction of sp³-hybridized carbons (Fsp3) is 0.650. The Morgan fingerprint density at radius 1 is 1.07 bits per heavy atom. The molecule has 3 fully saturated rings. The number of carbonyl (C=O) groups excluding carboxylic acids is 4. The van der Waals surface area contributed by atoms with Gasteiger partial charge in [0.05, 0.1) is 37.6 Å². The van der Waals surface area contributed by atoms with Crippen molar-refractivity contribution in [2.75, 3.05) is 34.5 Å². The summed E-state index contributed by atoms with van der Waals surface area (Å²) >= 11 is 0. The molecular weight excluding hydrogens is 773 g/mol. The molecule has 4 aliphatic rings. The van der Waals surface area contributed by atoms with Gasteiger partial charge in [0.2, 0.25) is 27.7 Å². The molecule has 0 bridgehead atoms. The molecule has 0 spiro atoms. The Morgan fingerprint density at radius 2 is 1.81 bits per heavy atom. The molecule has 2 aliphatic carbocycles. The first-order chi connectivity index (χ1) is 27.3. The highest BCUT2D eigenvalue weighted by atomic mass is 32.2. The van der Waals surface area contributed by atoms with E-state index in [2.05, 4.69) is 25.3 Å². The number of amides is 4. The Labute approximate surface area is 339 Å². The van der Waals surface area contributed by atoms with E-state index in [-0.39, 0.29) is 43.8 Å². The SMILES string of the molecule is COC[C@@H]1C[C@@H](C)CC/C=C\[C@H]2C[C@]2(C(=O)NS(=O)(=O)C2(C)CC2)NC(=O)[C@@H]2C[C@@H](Oc3nc(OC)c4c(OC)cccc4n3)CN2C(=O)[C@H]1NC(=O)OC(C)(C)C. The first kappa shape index (κ1) is 42.9. The van der Waals surface area contributed by atoms with Gasteiger partial charge in [-0.15, -0.1) is 0 Å². The van der Waals surface area contributed by atoms with Gasteiger partial charge >= 0.3 is 12.1 Å². The predicted octanol–water partition coefficient (Wildman–Crippen LogP) is 3.40. The highest BCUT2D eigenvalue weighted by molar-refractivity contribution is 7.91. The van der Waals surface area contributed by atoms with Gasteiger partial charge in [-0.3, -0.25) is 19.1 Å². The van der Waals surface area contributed by atoms with Crippen molar-refractivity contribution in [3.8, 4) is 17.6 Å². The van der Waals surface area contributed by atoms with Gasteiger partial charge in [-0.25, -0.2) is 13.2 Å². The number of hydrogen-bond acceptors (Lipinski definition) is 13. The maximum absolute atomic E-state index is 15.0. The molecule has 1 saturated heterocycles. The molecule has 4 amide bonds. The fourth-order valence-corrected chi connectivity index (χ4v) is 9.16. The van der Waals surface area contributed by atoms with Crippen LogP contribution in [0.15, 0.2) is 30.4 Å². The summed E-state index contributed by atoms with van der Waals surface area (Å²) in [5, 5.41) is 6.20. The number of methoxy groups -OCH3 is 3. The smallest absolute Gasteiger partial charge is 0.408 e. The van der Waals surface area contributed by atoms with Crippen LogP contribution in [0.3, 0.4) is 0 Å². The summed E-state index contributed by atoms with van der Waals surface area (Å²) in [6.45, 7) is 8.74. The Morgan fingerprint density at radius 3 is 2.47 bits per heavy atom. The van der Waals surface area contributed by atoms with E-state index in [4.69, 9.17) is 23.7 Å². The van der Waals surface area contributed by atoms with Crippen LogP contribution in [0.25, 0.3) is 10.9 Å². The Balaban J connectivity index is 1.38. The van der Waals surface area contributed by atoms with Gasteiger partial charge < -0.3 is 39.2 Å². The molecule has 6 rings (SSSR count). The fourth-order valence-electron chi connectivity index (χ4n) is 7.84. The minimum absolute atomic E-state index is 0.0571. The van der Waals surface area contributed by atoms with Gasteiger partial charge in [0, 0.05) is 25.4 Å². The van der Waals surface area contributed by atoms with E-state index in [9.17, 15) is 27.6 Å². The predicted molar refractivity (Wildman–Crippen MR) is 212 cm³/mol. The molecule has 17 nitrogen and oxygen atoms in total. The zero-order valence-electron chi connectivity index (χ0n) is 34.5. The second-order valence-electron chi connectivity index (χ2n) is 17.2. The van der Waals surface area contributed by atoms with Gasteiger partial charge in [-0.1, -0.05) is 25.1 Å². The number of alkyl carbamates (subject to hydrolysis) is 1. The molecular formula is C40H56N6O11S. The number of nitrogens with one attached hydrogen (secondary N) is 3. The molecule has 0 radical (unpaired) electrons. The highest BCUT2D eigenvalue weighted by Crippen LogP contribution is 2.47. The standard InChI is InChI=1S/C40H56N6O11S/c1-23-12-9-10-13-25-20-40(25,35(49)45-58(51,52)39(5)16-17-39)44-32(47)28-19-26(56-36-41-27-14-11-15-29(54-7)30(27)33(43-36)55-8)21-46(28)34(48)31(24(18-23)22-53-6)42-37(50)57-38(2,3)4/h10-11,13-15,23-26,28,31H,9,12,16-22H2,1-8H3,(H,42,50)(H,44,47)(H,45,49)/b13-10-/t23-,24-,25-,26+,28-,31-,40-/m0/s1. The third-order valence-electron chi connectivity index (χ3n) is 11.5. The number of allylic oxidation sites excluding steroid dienone is 1. The number of nitrogens with zero attached hydrogens (tertiary/aromatic N) is 3. The third-order valence-corrected chi connectivity index (χ3v) is 13.6. The lowest BCUT2D eigenvalue weighted by molar-refractivity contribution is -0.142. The van der Waals surface area contributed by atoms with Gasteiger partial charge in [-0.2, -0.15) is 9.97 Å². The molecule has 0 unspecified atom stereocenters. The van der Waals surface area contributed by atoms with Crippen molar-refractivity contribution in [2.24, 2.45) is 17.8 Å². The summed E-state index contributed by atoms with van der Waals surface area (Å²) < 4.78 is 56.2. The van der Waals surface area contributed by atoms with E-state index in [1.165, 1.54) is 26.2 Å². The van der Waals surface area contributed by atoms with E-state index >= 15 is 0 Å². The zero-order chi connectivity index (χ0) is 42.2. The van der Waals surface area contributed by atoms with Crippen LogP contribution in [0.5, 0.6) is 17.6 Å². The largest absolute Gasteiger partial charge is 0.496 e. The topological polar surface area (TPSA) is 214 Å². The van der Waals surface area contributed by atoms with Crippen molar-refractivity contribution in [3.05, 3.63) is 30.4 Å². The van der Waals surface area contributed by atoms with Crippen molar-refractivity contribution in [3.63, 3.8) is 0 Å². The summed E-state index contributed by atoms with van der Waals surface area (Å²) in [5.41, 5.74) is -1.98. The van der Waals surface area contributed by atoms with Crippen LogP contribution >= 0.6 is 0 Å². The van der Waals surface area contributed by atoms with Gasteiger partial charge in [0.1, 0.15) is 40.5 Å². The number of hydrogen-bond donors (Lipinski definition) is 3. The Hall–Kier alpha value is -4.71. The molecule has 1 aromatic carbocycles. The van der Waals surface area contributed by atoms with Crippen LogP contribution in [0, 0.1) is 17.8 Å². The van der Waals surface area contributed by atoms with Crippen molar-refractivity contribution in [1.82, 2.24) is 30.2 Å². The molecule has 58 heavy (non-hydrogen) atoms. The van der Waals surface area contributed by atoms with Crippen LogP contribution in [0.2, 0.25) is 0 Å². The van der Waals surface area contributed by atoms with Crippen LogP contribution < -0.4 is 29.6 Å². The van der Waals surface area contributed by atoms with Crippen LogP contribution in [-0.4, -0.2) is 116 Å². The summed E-state index contributed by atoms with van der Waals surface area (Å²) in [6.07, 6.45) is 4.88.